The largest absolute Gasteiger partial charge is 0.398 e. The van der Waals surface area contributed by atoms with Gasteiger partial charge in [-0.2, -0.15) is 0 Å². The molecular weight excluding hydrogens is 192 g/mol. The van der Waals surface area contributed by atoms with Gasteiger partial charge >= 0.3 is 0 Å². The molecule has 80 valence electrons. The van der Waals surface area contributed by atoms with Crippen molar-refractivity contribution in [1.82, 2.24) is 4.98 Å². The number of Topliss-reactive ketones (excluding diaryl/α,β-unsaturated/α-hetero) is 1. The fraction of sp³-hybridized carbons (Fsp3) is 0.455. The maximum absolute atomic E-state index is 11.8. The Labute approximate surface area is 88.4 Å². The molecule has 1 saturated heterocycles. The van der Waals surface area contributed by atoms with Crippen LogP contribution in [0.3, 0.4) is 0 Å². The lowest BCUT2D eigenvalue weighted by Gasteiger charge is -2.07. The second-order valence-corrected chi connectivity index (χ2v) is 3.78. The molecule has 1 unspecified atom stereocenters. The van der Waals surface area contributed by atoms with E-state index >= 15 is 0 Å². The molecular formula is C11H14N2O2. The molecule has 1 aliphatic rings. The number of carbonyl (C=O) groups is 1. The average Bonchev–Trinajstić information content (AvgIpc) is 2.74. The molecule has 2 N–H and O–H groups in total. The summed E-state index contributed by atoms with van der Waals surface area (Å²) in [5.41, 5.74) is 7.19. The van der Waals surface area contributed by atoms with Crippen LogP contribution in [-0.4, -0.2) is 24.0 Å². The van der Waals surface area contributed by atoms with Gasteiger partial charge in [-0.3, -0.25) is 9.78 Å². The molecule has 2 rings (SSSR count). The third-order valence-corrected chi connectivity index (χ3v) is 2.69. The van der Waals surface area contributed by atoms with Gasteiger partial charge in [0.1, 0.15) is 5.78 Å². The molecule has 1 fully saturated rings. The zero-order chi connectivity index (χ0) is 10.7. The highest BCUT2D eigenvalue weighted by Gasteiger charge is 2.23. The van der Waals surface area contributed by atoms with Crippen molar-refractivity contribution in [3.63, 3.8) is 0 Å². The first kappa shape index (κ1) is 10.1. The van der Waals surface area contributed by atoms with Gasteiger partial charge in [0.05, 0.1) is 6.61 Å². The van der Waals surface area contributed by atoms with Crippen molar-refractivity contribution in [2.24, 2.45) is 5.92 Å². The SMILES string of the molecule is Nc1ccncc1CC(=O)C1CCOC1. The summed E-state index contributed by atoms with van der Waals surface area (Å²) in [4.78, 5) is 15.8. The molecule has 1 atom stereocenters. The number of rotatable bonds is 3. The molecule has 0 radical (unpaired) electrons. The minimum atomic E-state index is 0.0459. The van der Waals surface area contributed by atoms with Crippen LogP contribution in [-0.2, 0) is 16.0 Å². The highest BCUT2D eigenvalue weighted by Crippen LogP contribution is 2.18. The Hall–Kier alpha value is -1.42. The van der Waals surface area contributed by atoms with E-state index in [9.17, 15) is 4.79 Å². The van der Waals surface area contributed by atoms with E-state index in [2.05, 4.69) is 4.98 Å². The van der Waals surface area contributed by atoms with Crippen LogP contribution < -0.4 is 5.73 Å². The topological polar surface area (TPSA) is 65.2 Å². The van der Waals surface area contributed by atoms with Crippen LogP contribution in [0.2, 0.25) is 0 Å². The lowest BCUT2D eigenvalue weighted by Crippen LogP contribution is -2.17. The molecule has 0 aliphatic carbocycles. The van der Waals surface area contributed by atoms with Crippen LogP contribution in [0.25, 0.3) is 0 Å². The van der Waals surface area contributed by atoms with E-state index in [1.54, 1.807) is 18.5 Å². The molecule has 2 heterocycles. The Morgan fingerprint density at radius 3 is 3.20 bits per heavy atom. The van der Waals surface area contributed by atoms with Crippen molar-refractivity contribution in [3.05, 3.63) is 24.0 Å². The van der Waals surface area contributed by atoms with Gasteiger partial charge < -0.3 is 10.5 Å². The molecule has 4 nitrogen and oxygen atoms in total. The number of nitrogens with two attached hydrogens (primary N) is 1. The van der Waals surface area contributed by atoms with Crippen LogP contribution in [0.5, 0.6) is 0 Å². The second-order valence-electron chi connectivity index (χ2n) is 3.78. The Balaban J connectivity index is 2.02. The summed E-state index contributed by atoms with van der Waals surface area (Å²) >= 11 is 0. The van der Waals surface area contributed by atoms with Crippen molar-refractivity contribution in [2.45, 2.75) is 12.8 Å². The summed E-state index contributed by atoms with van der Waals surface area (Å²) in [7, 11) is 0. The number of hydrogen-bond acceptors (Lipinski definition) is 4. The van der Waals surface area contributed by atoms with Crippen LogP contribution in [0.4, 0.5) is 5.69 Å². The first-order valence-corrected chi connectivity index (χ1v) is 5.06. The van der Waals surface area contributed by atoms with Crippen LogP contribution in [0.1, 0.15) is 12.0 Å². The van der Waals surface area contributed by atoms with Crippen LogP contribution >= 0.6 is 0 Å². The van der Waals surface area contributed by atoms with Gasteiger partial charge in [-0.15, -0.1) is 0 Å². The van der Waals surface area contributed by atoms with Crippen molar-refractivity contribution < 1.29 is 9.53 Å². The summed E-state index contributed by atoms with van der Waals surface area (Å²) in [5, 5.41) is 0. The molecule has 0 saturated carbocycles. The van der Waals surface area contributed by atoms with Crippen molar-refractivity contribution in [2.75, 3.05) is 18.9 Å². The number of aromatic nitrogens is 1. The quantitative estimate of drug-likeness (QED) is 0.794. The van der Waals surface area contributed by atoms with Crippen molar-refractivity contribution in [1.29, 1.82) is 0 Å². The highest BCUT2D eigenvalue weighted by atomic mass is 16.5. The van der Waals surface area contributed by atoms with Gasteiger partial charge in [0.25, 0.3) is 0 Å². The summed E-state index contributed by atoms with van der Waals surface area (Å²) in [6, 6.07) is 1.72. The number of pyridine rings is 1. The maximum atomic E-state index is 11.8. The zero-order valence-corrected chi connectivity index (χ0v) is 8.48. The fourth-order valence-corrected chi connectivity index (χ4v) is 1.71. The summed E-state index contributed by atoms with van der Waals surface area (Å²) in [6.07, 6.45) is 4.48. The molecule has 1 aliphatic heterocycles. The second kappa shape index (κ2) is 4.40. The number of nitrogen functional groups attached to an aromatic ring is 1. The predicted molar refractivity (Wildman–Crippen MR) is 56.3 cm³/mol. The zero-order valence-electron chi connectivity index (χ0n) is 8.48. The van der Waals surface area contributed by atoms with Gasteiger partial charge in [-0.1, -0.05) is 0 Å². The van der Waals surface area contributed by atoms with E-state index in [1.165, 1.54) is 0 Å². The number of hydrogen-bond donors (Lipinski definition) is 1. The molecule has 0 amide bonds. The minimum absolute atomic E-state index is 0.0459. The minimum Gasteiger partial charge on any atom is -0.398 e. The van der Waals surface area contributed by atoms with Gasteiger partial charge in [0.15, 0.2) is 0 Å². The molecule has 1 aromatic rings. The molecule has 15 heavy (non-hydrogen) atoms. The number of carbonyl (C=O) groups excluding carboxylic acids is 1. The van der Waals surface area contributed by atoms with Gasteiger partial charge in [0.2, 0.25) is 0 Å². The Bertz CT molecular complexity index is 359. The van der Waals surface area contributed by atoms with E-state index in [1.807, 2.05) is 0 Å². The van der Waals surface area contributed by atoms with Crippen LogP contribution in [0.15, 0.2) is 18.5 Å². The maximum Gasteiger partial charge on any atom is 0.142 e. The number of ketones is 1. The standard InChI is InChI=1S/C11H14N2O2/c12-10-1-3-13-6-9(10)5-11(14)8-2-4-15-7-8/h1,3,6,8H,2,4-5,7H2,(H2,12,13). The first-order chi connectivity index (χ1) is 7.27. The normalized spacial score (nSPS) is 20.4. The van der Waals surface area contributed by atoms with Gasteiger partial charge in [-0.05, 0) is 12.5 Å². The lowest BCUT2D eigenvalue weighted by atomic mass is 9.97. The van der Waals surface area contributed by atoms with E-state index in [-0.39, 0.29) is 11.7 Å². The third-order valence-electron chi connectivity index (χ3n) is 2.69. The Morgan fingerprint density at radius 1 is 1.67 bits per heavy atom. The number of ether oxygens (including phenoxy) is 1. The monoisotopic (exact) mass is 206 g/mol. The molecule has 0 aromatic carbocycles. The van der Waals surface area contributed by atoms with Gasteiger partial charge in [-0.25, -0.2) is 0 Å². The number of anilines is 1. The fourth-order valence-electron chi connectivity index (χ4n) is 1.71. The van der Waals surface area contributed by atoms with Crippen LogP contribution in [0, 0.1) is 5.92 Å². The Kier molecular flexibility index (Phi) is 2.97. The summed E-state index contributed by atoms with van der Waals surface area (Å²) in [5.74, 6) is 0.247. The van der Waals surface area contributed by atoms with E-state index in [0.717, 1.165) is 12.0 Å². The van der Waals surface area contributed by atoms with E-state index in [4.69, 9.17) is 10.5 Å². The third kappa shape index (κ3) is 2.33. The van der Waals surface area contributed by atoms with Crippen molar-refractivity contribution in [3.8, 4) is 0 Å². The molecule has 4 heteroatoms. The number of nitrogens with zero attached hydrogens (tertiary/aromatic N) is 1. The summed E-state index contributed by atoms with van der Waals surface area (Å²) < 4.78 is 5.18. The average molecular weight is 206 g/mol. The van der Waals surface area contributed by atoms with Crippen molar-refractivity contribution >= 4 is 11.5 Å². The first-order valence-electron chi connectivity index (χ1n) is 5.06. The molecule has 0 bridgehead atoms. The van der Waals surface area contributed by atoms with E-state index < -0.39 is 0 Å². The highest BCUT2D eigenvalue weighted by molar-refractivity contribution is 5.84. The van der Waals surface area contributed by atoms with E-state index in [0.29, 0.717) is 25.3 Å². The smallest absolute Gasteiger partial charge is 0.142 e. The summed E-state index contributed by atoms with van der Waals surface area (Å²) in [6.45, 7) is 1.25. The Morgan fingerprint density at radius 2 is 2.53 bits per heavy atom. The molecule has 1 aromatic heterocycles. The van der Waals surface area contributed by atoms with Gasteiger partial charge in [0, 0.05) is 42.6 Å². The predicted octanol–water partition coefficient (Wildman–Crippen LogP) is 0.812. The molecule has 0 spiro atoms. The lowest BCUT2D eigenvalue weighted by molar-refractivity contribution is -0.122.